The van der Waals surface area contributed by atoms with E-state index >= 15 is 0 Å². The maximum absolute atomic E-state index is 13.0. The van der Waals surface area contributed by atoms with Crippen LogP contribution in [0.15, 0.2) is 18.2 Å². The van der Waals surface area contributed by atoms with Crippen LogP contribution >= 0.6 is 12.4 Å². The van der Waals surface area contributed by atoms with Gasteiger partial charge in [0.15, 0.2) is 0 Å². The van der Waals surface area contributed by atoms with Crippen molar-refractivity contribution in [2.75, 3.05) is 6.54 Å². The summed E-state index contributed by atoms with van der Waals surface area (Å²) in [5.41, 5.74) is 9.61. The molecule has 1 aromatic carbocycles. The standard InChI is InChI=1S/C9H10F4N2.ClH/c10-7-3-5(8(15)4-14)1-2-6(7)9(11,12)13;/h1-3,8H,4,14-15H2;1H/t8-;/m0./s1. The zero-order chi connectivity index (χ0) is 11.6. The molecule has 0 fully saturated rings. The molecule has 0 heterocycles. The van der Waals surface area contributed by atoms with E-state index in [1.807, 2.05) is 0 Å². The average Bonchev–Trinajstić information content (AvgIpc) is 2.14. The van der Waals surface area contributed by atoms with E-state index < -0.39 is 23.6 Å². The van der Waals surface area contributed by atoms with E-state index in [0.29, 0.717) is 6.07 Å². The fraction of sp³-hybridized carbons (Fsp3) is 0.333. The third-order valence-electron chi connectivity index (χ3n) is 1.98. The minimum Gasteiger partial charge on any atom is -0.329 e. The van der Waals surface area contributed by atoms with Gasteiger partial charge in [-0.25, -0.2) is 4.39 Å². The number of halogens is 5. The summed E-state index contributed by atoms with van der Waals surface area (Å²) in [5.74, 6) is -1.33. The van der Waals surface area contributed by atoms with Crippen LogP contribution in [0.3, 0.4) is 0 Å². The molecule has 4 N–H and O–H groups in total. The minimum absolute atomic E-state index is 0. The molecule has 0 aliphatic rings. The highest BCUT2D eigenvalue weighted by atomic mass is 35.5. The molecular weight excluding hydrogens is 248 g/mol. The van der Waals surface area contributed by atoms with Crippen LogP contribution in [0.4, 0.5) is 17.6 Å². The topological polar surface area (TPSA) is 52.0 Å². The predicted molar refractivity (Wildman–Crippen MR) is 54.6 cm³/mol. The molecule has 0 radical (unpaired) electrons. The van der Waals surface area contributed by atoms with Gasteiger partial charge in [0.2, 0.25) is 0 Å². The summed E-state index contributed by atoms with van der Waals surface area (Å²) in [5, 5.41) is 0. The average molecular weight is 259 g/mol. The summed E-state index contributed by atoms with van der Waals surface area (Å²) in [7, 11) is 0. The Bertz CT molecular complexity index is 354. The maximum Gasteiger partial charge on any atom is 0.419 e. The van der Waals surface area contributed by atoms with E-state index in [2.05, 4.69) is 0 Å². The van der Waals surface area contributed by atoms with Gasteiger partial charge in [-0.05, 0) is 17.7 Å². The number of benzene rings is 1. The van der Waals surface area contributed by atoms with Crippen molar-refractivity contribution in [3.8, 4) is 0 Å². The molecular formula is C9H11ClF4N2. The van der Waals surface area contributed by atoms with Gasteiger partial charge in [-0.3, -0.25) is 0 Å². The number of nitrogens with two attached hydrogens (primary N) is 2. The molecule has 7 heteroatoms. The summed E-state index contributed by atoms with van der Waals surface area (Å²) in [6.07, 6.45) is -4.69. The Balaban J connectivity index is 0.00000225. The summed E-state index contributed by atoms with van der Waals surface area (Å²) in [4.78, 5) is 0. The van der Waals surface area contributed by atoms with Crippen LogP contribution in [0.1, 0.15) is 17.2 Å². The molecule has 0 aliphatic carbocycles. The second-order valence-corrected chi connectivity index (χ2v) is 3.08. The van der Waals surface area contributed by atoms with Gasteiger partial charge in [0, 0.05) is 12.6 Å². The summed E-state index contributed by atoms with van der Waals surface area (Å²) in [6, 6.07) is 1.91. The fourth-order valence-corrected chi connectivity index (χ4v) is 1.13. The maximum atomic E-state index is 13.0. The lowest BCUT2D eigenvalue weighted by molar-refractivity contribution is -0.140. The predicted octanol–water partition coefficient (Wildman–Crippen LogP) is 2.22. The first-order chi connectivity index (χ1) is 6.86. The number of hydrogen-bond acceptors (Lipinski definition) is 2. The lowest BCUT2D eigenvalue weighted by atomic mass is 10.0. The molecule has 1 atom stereocenters. The van der Waals surface area contributed by atoms with Gasteiger partial charge in [0.25, 0.3) is 0 Å². The van der Waals surface area contributed by atoms with Crippen molar-refractivity contribution in [3.05, 3.63) is 35.1 Å². The monoisotopic (exact) mass is 258 g/mol. The molecule has 0 bridgehead atoms. The summed E-state index contributed by atoms with van der Waals surface area (Å²) >= 11 is 0. The Kier molecular flexibility index (Phi) is 5.18. The minimum atomic E-state index is -4.69. The van der Waals surface area contributed by atoms with Crippen molar-refractivity contribution < 1.29 is 17.6 Å². The van der Waals surface area contributed by atoms with E-state index in [4.69, 9.17) is 11.5 Å². The molecule has 1 rings (SSSR count). The van der Waals surface area contributed by atoms with Gasteiger partial charge in [-0.2, -0.15) is 13.2 Å². The third-order valence-corrected chi connectivity index (χ3v) is 1.98. The second-order valence-electron chi connectivity index (χ2n) is 3.08. The first-order valence-corrected chi connectivity index (χ1v) is 4.18. The quantitative estimate of drug-likeness (QED) is 0.799. The van der Waals surface area contributed by atoms with Crippen LogP contribution in [-0.2, 0) is 6.18 Å². The highest BCUT2D eigenvalue weighted by Crippen LogP contribution is 2.32. The number of alkyl halides is 3. The lowest BCUT2D eigenvalue weighted by Gasteiger charge is -2.12. The van der Waals surface area contributed by atoms with Gasteiger partial charge < -0.3 is 11.5 Å². The molecule has 0 unspecified atom stereocenters. The van der Waals surface area contributed by atoms with Crippen molar-refractivity contribution in [2.45, 2.75) is 12.2 Å². The van der Waals surface area contributed by atoms with Gasteiger partial charge in [0.05, 0.1) is 5.56 Å². The van der Waals surface area contributed by atoms with E-state index in [1.165, 1.54) is 0 Å². The van der Waals surface area contributed by atoms with Gasteiger partial charge in [-0.15, -0.1) is 12.4 Å². The van der Waals surface area contributed by atoms with E-state index in [0.717, 1.165) is 12.1 Å². The van der Waals surface area contributed by atoms with Gasteiger partial charge >= 0.3 is 6.18 Å². The van der Waals surface area contributed by atoms with E-state index in [9.17, 15) is 17.6 Å². The third kappa shape index (κ3) is 3.33. The van der Waals surface area contributed by atoms with Crippen LogP contribution < -0.4 is 11.5 Å². The van der Waals surface area contributed by atoms with Crippen molar-refractivity contribution in [3.63, 3.8) is 0 Å². The SMILES string of the molecule is Cl.NC[C@H](N)c1ccc(C(F)(F)F)c(F)c1. The van der Waals surface area contributed by atoms with Gasteiger partial charge in [0.1, 0.15) is 5.82 Å². The smallest absolute Gasteiger partial charge is 0.329 e. The molecule has 0 saturated heterocycles. The van der Waals surface area contributed by atoms with Crippen LogP contribution in [0.2, 0.25) is 0 Å². The number of rotatable bonds is 2. The van der Waals surface area contributed by atoms with Crippen molar-refractivity contribution >= 4 is 12.4 Å². The van der Waals surface area contributed by atoms with Crippen LogP contribution in [0.25, 0.3) is 0 Å². The molecule has 2 nitrogen and oxygen atoms in total. The Morgan fingerprint density at radius 3 is 2.19 bits per heavy atom. The highest BCUT2D eigenvalue weighted by molar-refractivity contribution is 5.85. The largest absolute Gasteiger partial charge is 0.419 e. The molecule has 0 saturated carbocycles. The van der Waals surface area contributed by atoms with Gasteiger partial charge in [-0.1, -0.05) is 6.07 Å². The highest BCUT2D eigenvalue weighted by Gasteiger charge is 2.34. The molecule has 0 aromatic heterocycles. The molecule has 0 aliphatic heterocycles. The first-order valence-electron chi connectivity index (χ1n) is 4.18. The van der Waals surface area contributed by atoms with E-state index in [1.54, 1.807) is 0 Å². The Morgan fingerprint density at radius 2 is 1.81 bits per heavy atom. The Morgan fingerprint density at radius 1 is 1.25 bits per heavy atom. The number of hydrogen-bond donors (Lipinski definition) is 2. The Hall–Kier alpha value is -0.850. The van der Waals surface area contributed by atoms with Crippen molar-refractivity contribution in [1.82, 2.24) is 0 Å². The lowest BCUT2D eigenvalue weighted by Crippen LogP contribution is -2.21. The van der Waals surface area contributed by atoms with Crippen LogP contribution in [0.5, 0.6) is 0 Å². The summed E-state index contributed by atoms with van der Waals surface area (Å²) < 4.78 is 49.5. The second kappa shape index (κ2) is 5.47. The molecule has 0 amide bonds. The fourth-order valence-electron chi connectivity index (χ4n) is 1.13. The molecule has 92 valence electrons. The van der Waals surface area contributed by atoms with Crippen molar-refractivity contribution in [2.24, 2.45) is 11.5 Å². The zero-order valence-electron chi connectivity index (χ0n) is 8.09. The van der Waals surface area contributed by atoms with E-state index in [-0.39, 0.29) is 24.5 Å². The van der Waals surface area contributed by atoms with Crippen molar-refractivity contribution in [1.29, 1.82) is 0 Å². The zero-order valence-corrected chi connectivity index (χ0v) is 8.91. The summed E-state index contributed by atoms with van der Waals surface area (Å²) in [6.45, 7) is 0.0464. The molecule has 16 heavy (non-hydrogen) atoms. The molecule has 1 aromatic rings. The normalized spacial score (nSPS) is 13.1. The first kappa shape index (κ1) is 15.2. The Labute approximate surface area is 96.0 Å². The van der Waals surface area contributed by atoms with Crippen LogP contribution in [-0.4, -0.2) is 6.54 Å². The molecule has 0 spiro atoms. The van der Waals surface area contributed by atoms with Crippen LogP contribution in [0, 0.1) is 5.82 Å².